The maximum atomic E-state index is 12.1. The van der Waals surface area contributed by atoms with Gasteiger partial charge in [-0.25, -0.2) is 9.97 Å². The lowest BCUT2D eigenvalue weighted by molar-refractivity contribution is -0.151. The van der Waals surface area contributed by atoms with Crippen molar-refractivity contribution in [3.8, 4) is 0 Å². The van der Waals surface area contributed by atoms with Crippen molar-refractivity contribution in [2.45, 2.75) is 38.5 Å². The molecule has 2 heterocycles. The van der Waals surface area contributed by atoms with Gasteiger partial charge >= 0.3 is 5.97 Å². The zero-order valence-corrected chi connectivity index (χ0v) is 15.0. The molecule has 1 aliphatic rings. The van der Waals surface area contributed by atoms with E-state index in [-0.39, 0.29) is 11.4 Å². The number of fused-ring (bicyclic) bond motifs is 1. The SMILES string of the molecule is COC(=O)C1(C)CCC(C)(c2nc(Br)c3c(Cl)nccn23)C1. The molecular formula is C15H17BrClN3O2. The topological polar surface area (TPSA) is 56.5 Å². The van der Waals surface area contributed by atoms with Crippen LogP contribution in [0.3, 0.4) is 0 Å². The minimum Gasteiger partial charge on any atom is -0.469 e. The molecule has 118 valence electrons. The molecule has 0 saturated heterocycles. The number of aromatic nitrogens is 3. The van der Waals surface area contributed by atoms with Crippen molar-refractivity contribution in [1.82, 2.24) is 14.4 Å². The highest BCUT2D eigenvalue weighted by Crippen LogP contribution is 2.51. The van der Waals surface area contributed by atoms with Crippen LogP contribution in [-0.4, -0.2) is 27.4 Å². The Morgan fingerprint density at radius 3 is 2.86 bits per heavy atom. The molecule has 1 saturated carbocycles. The highest BCUT2D eigenvalue weighted by Gasteiger charge is 2.50. The fraction of sp³-hybridized carbons (Fsp3) is 0.533. The van der Waals surface area contributed by atoms with Crippen LogP contribution in [0.1, 0.15) is 38.9 Å². The Labute approximate surface area is 142 Å². The second kappa shape index (κ2) is 5.20. The van der Waals surface area contributed by atoms with Gasteiger partial charge < -0.3 is 4.74 Å². The van der Waals surface area contributed by atoms with Gasteiger partial charge in [0.2, 0.25) is 0 Å². The van der Waals surface area contributed by atoms with E-state index in [0.717, 1.165) is 24.2 Å². The normalized spacial score (nSPS) is 28.2. The minimum absolute atomic E-state index is 0.157. The molecule has 5 nitrogen and oxygen atoms in total. The Kier molecular flexibility index (Phi) is 3.72. The van der Waals surface area contributed by atoms with Crippen LogP contribution < -0.4 is 0 Å². The van der Waals surface area contributed by atoms with Gasteiger partial charge in [-0.1, -0.05) is 18.5 Å². The summed E-state index contributed by atoms with van der Waals surface area (Å²) in [5, 5.41) is 0.408. The summed E-state index contributed by atoms with van der Waals surface area (Å²) in [5.41, 5.74) is 0.0633. The highest BCUT2D eigenvalue weighted by molar-refractivity contribution is 9.10. The fourth-order valence-corrected chi connectivity index (χ4v) is 4.49. The summed E-state index contributed by atoms with van der Waals surface area (Å²) >= 11 is 9.64. The van der Waals surface area contributed by atoms with E-state index in [1.165, 1.54) is 7.11 Å². The number of ether oxygens (including phenoxy) is 1. The largest absolute Gasteiger partial charge is 0.469 e. The molecule has 0 radical (unpaired) electrons. The van der Waals surface area contributed by atoms with Gasteiger partial charge in [0, 0.05) is 17.8 Å². The van der Waals surface area contributed by atoms with Crippen molar-refractivity contribution in [3.05, 3.63) is 28.0 Å². The van der Waals surface area contributed by atoms with Crippen LogP contribution in [0.25, 0.3) is 5.52 Å². The number of hydrogen-bond donors (Lipinski definition) is 0. The lowest BCUT2D eigenvalue weighted by Gasteiger charge is -2.26. The number of methoxy groups -OCH3 is 1. The molecule has 7 heteroatoms. The van der Waals surface area contributed by atoms with Crippen molar-refractivity contribution >= 4 is 39.0 Å². The van der Waals surface area contributed by atoms with E-state index in [2.05, 4.69) is 32.8 Å². The number of carbonyl (C=O) groups is 1. The van der Waals surface area contributed by atoms with E-state index >= 15 is 0 Å². The first-order valence-corrected chi connectivity index (χ1v) is 8.25. The standard InChI is InChI=1S/C15H17BrClN3O2/c1-14(4-5-15(2,8-14)13(21)22-3)12-19-10(16)9-11(17)18-6-7-20(9)12/h6-7H,4-5,8H2,1-3H3. The summed E-state index contributed by atoms with van der Waals surface area (Å²) in [4.78, 5) is 20.8. The number of hydrogen-bond acceptors (Lipinski definition) is 4. The van der Waals surface area contributed by atoms with Gasteiger partial charge in [0.15, 0.2) is 5.15 Å². The third-order valence-electron chi connectivity index (χ3n) is 4.69. The number of halogens is 2. The van der Waals surface area contributed by atoms with Crippen LogP contribution in [0.5, 0.6) is 0 Å². The van der Waals surface area contributed by atoms with Crippen molar-refractivity contribution in [2.24, 2.45) is 5.41 Å². The maximum absolute atomic E-state index is 12.1. The van der Waals surface area contributed by atoms with Crippen molar-refractivity contribution < 1.29 is 9.53 Å². The molecule has 2 aromatic heterocycles. The number of esters is 1. The predicted molar refractivity (Wildman–Crippen MR) is 87.0 cm³/mol. The predicted octanol–water partition coefficient (Wildman–Crippen LogP) is 3.77. The van der Waals surface area contributed by atoms with E-state index in [1.54, 1.807) is 6.20 Å². The van der Waals surface area contributed by atoms with E-state index in [9.17, 15) is 4.79 Å². The molecule has 0 N–H and O–H groups in total. The Hall–Kier alpha value is -1.14. The molecule has 0 aromatic carbocycles. The van der Waals surface area contributed by atoms with Crippen LogP contribution in [0, 0.1) is 5.41 Å². The summed E-state index contributed by atoms with van der Waals surface area (Å²) in [5.74, 6) is 0.738. The zero-order chi connectivity index (χ0) is 16.1. The van der Waals surface area contributed by atoms with Crippen molar-refractivity contribution in [2.75, 3.05) is 7.11 Å². The Bertz CT molecular complexity index is 763. The first-order valence-electron chi connectivity index (χ1n) is 7.08. The summed E-state index contributed by atoms with van der Waals surface area (Å²) in [6, 6.07) is 0. The quantitative estimate of drug-likeness (QED) is 0.737. The van der Waals surface area contributed by atoms with Crippen LogP contribution in [0.2, 0.25) is 5.15 Å². The van der Waals surface area contributed by atoms with Gasteiger partial charge in [0.25, 0.3) is 0 Å². The smallest absolute Gasteiger partial charge is 0.311 e. The van der Waals surface area contributed by atoms with E-state index < -0.39 is 5.41 Å². The number of nitrogens with zero attached hydrogens (tertiary/aromatic N) is 3. The van der Waals surface area contributed by atoms with Crippen LogP contribution in [-0.2, 0) is 14.9 Å². The van der Waals surface area contributed by atoms with Gasteiger partial charge in [-0.2, -0.15) is 0 Å². The molecule has 0 aliphatic heterocycles. The minimum atomic E-state index is -0.474. The summed E-state index contributed by atoms with van der Waals surface area (Å²) in [6.45, 7) is 4.10. The first kappa shape index (κ1) is 15.7. The van der Waals surface area contributed by atoms with Crippen LogP contribution in [0.4, 0.5) is 0 Å². The van der Waals surface area contributed by atoms with E-state index in [4.69, 9.17) is 16.3 Å². The molecule has 0 bridgehead atoms. The third-order valence-corrected chi connectivity index (χ3v) is 5.52. The second-order valence-corrected chi connectivity index (χ2v) is 7.56. The lowest BCUT2D eigenvalue weighted by Crippen LogP contribution is -2.30. The second-order valence-electron chi connectivity index (χ2n) is 6.45. The zero-order valence-electron chi connectivity index (χ0n) is 12.7. The maximum Gasteiger partial charge on any atom is 0.311 e. The monoisotopic (exact) mass is 385 g/mol. The summed E-state index contributed by atoms with van der Waals surface area (Å²) < 4.78 is 7.61. The number of rotatable bonds is 2. The van der Waals surface area contributed by atoms with Crippen LogP contribution >= 0.6 is 27.5 Å². The molecule has 2 atom stereocenters. The van der Waals surface area contributed by atoms with E-state index in [1.807, 2.05) is 17.5 Å². The molecule has 0 amide bonds. The molecule has 1 fully saturated rings. The Morgan fingerprint density at radius 1 is 1.45 bits per heavy atom. The highest BCUT2D eigenvalue weighted by atomic mass is 79.9. The third kappa shape index (κ3) is 2.24. The molecule has 2 aromatic rings. The van der Waals surface area contributed by atoms with Gasteiger partial charge in [-0.05, 0) is 42.1 Å². The molecular weight excluding hydrogens is 370 g/mol. The number of imidazole rings is 1. The molecule has 3 rings (SSSR count). The molecule has 1 aliphatic carbocycles. The summed E-state index contributed by atoms with van der Waals surface area (Å²) in [6.07, 6.45) is 5.85. The average molecular weight is 387 g/mol. The van der Waals surface area contributed by atoms with Gasteiger partial charge in [0.05, 0.1) is 12.5 Å². The fourth-order valence-electron chi connectivity index (χ4n) is 3.59. The van der Waals surface area contributed by atoms with Crippen molar-refractivity contribution in [1.29, 1.82) is 0 Å². The van der Waals surface area contributed by atoms with Gasteiger partial charge in [-0.3, -0.25) is 9.20 Å². The Balaban J connectivity index is 2.09. The summed E-state index contributed by atoms with van der Waals surface area (Å²) in [7, 11) is 1.44. The molecule has 2 unspecified atom stereocenters. The first-order chi connectivity index (χ1) is 10.3. The lowest BCUT2D eigenvalue weighted by atomic mass is 9.81. The Morgan fingerprint density at radius 2 is 2.18 bits per heavy atom. The van der Waals surface area contributed by atoms with Gasteiger partial charge in [-0.15, -0.1) is 0 Å². The average Bonchev–Trinajstić information content (AvgIpc) is 2.99. The number of carbonyl (C=O) groups excluding carboxylic acids is 1. The molecule has 0 spiro atoms. The van der Waals surface area contributed by atoms with E-state index in [0.29, 0.717) is 16.2 Å². The molecule has 22 heavy (non-hydrogen) atoms. The van der Waals surface area contributed by atoms with Gasteiger partial charge in [0.1, 0.15) is 15.9 Å². The van der Waals surface area contributed by atoms with Crippen LogP contribution in [0.15, 0.2) is 17.0 Å². The van der Waals surface area contributed by atoms with Crippen molar-refractivity contribution in [3.63, 3.8) is 0 Å².